The summed E-state index contributed by atoms with van der Waals surface area (Å²) in [5.41, 5.74) is 2.75. The SMILES string of the molecule is CC(=O)C1=CC(C)=CC(C)C1C(C)=NC=N. The van der Waals surface area contributed by atoms with Crippen molar-refractivity contribution in [1.29, 1.82) is 5.41 Å². The average molecular weight is 218 g/mol. The quantitative estimate of drug-likeness (QED) is 0.574. The number of hydrogen-bond donors (Lipinski definition) is 1. The lowest BCUT2D eigenvalue weighted by atomic mass is 9.77. The Labute approximate surface area is 96.5 Å². The number of allylic oxidation sites excluding steroid dienone is 4. The van der Waals surface area contributed by atoms with E-state index < -0.39 is 0 Å². The molecule has 1 N–H and O–H groups in total. The first kappa shape index (κ1) is 12.6. The average Bonchev–Trinajstić information content (AvgIpc) is 2.16. The van der Waals surface area contributed by atoms with Crippen molar-refractivity contribution in [2.75, 3.05) is 0 Å². The molecule has 1 aliphatic carbocycles. The molecule has 0 saturated heterocycles. The maximum absolute atomic E-state index is 11.6. The predicted octanol–water partition coefficient (Wildman–Crippen LogP) is 2.78. The van der Waals surface area contributed by atoms with Crippen molar-refractivity contribution in [2.45, 2.75) is 27.7 Å². The molecule has 1 rings (SSSR count). The molecule has 0 spiro atoms. The van der Waals surface area contributed by atoms with Crippen LogP contribution < -0.4 is 0 Å². The maximum Gasteiger partial charge on any atom is 0.156 e. The summed E-state index contributed by atoms with van der Waals surface area (Å²) in [5, 5.41) is 7.00. The van der Waals surface area contributed by atoms with Gasteiger partial charge in [-0.2, -0.15) is 0 Å². The van der Waals surface area contributed by atoms with Gasteiger partial charge in [0.15, 0.2) is 5.78 Å². The van der Waals surface area contributed by atoms with E-state index in [9.17, 15) is 4.79 Å². The molecule has 3 nitrogen and oxygen atoms in total. The standard InChI is InChI=1S/C13H18N2O/c1-8-5-9(2)13(10(3)15-7-14)12(6-8)11(4)16/h5-7,9,13-14H,1-4H3. The number of carbonyl (C=O) groups excluding carboxylic acids is 1. The Morgan fingerprint density at radius 2 is 2.12 bits per heavy atom. The van der Waals surface area contributed by atoms with E-state index in [1.54, 1.807) is 6.92 Å². The zero-order chi connectivity index (χ0) is 12.3. The van der Waals surface area contributed by atoms with Crippen molar-refractivity contribution >= 4 is 17.8 Å². The maximum atomic E-state index is 11.6. The smallest absolute Gasteiger partial charge is 0.156 e. The lowest BCUT2D eigenvalue weighted by Crippen LogP contribution is -2.27. The molecule has 0 fully saturated rings. The molecular weight excluding hydrogens is 200 g/mol. The van der Waals surface area contributed by atoms with Crippen LogP contribution in [-0.2, 0) is 4.79 Å². The zero-order valence-electron chi connectivity index (χ0n) is 10.2. The van der Waals surface area contributed by atoms with Crippen LogP contribution >= 0.6 is 0 Å². The van der Waals surface area contributed by atoms with E-state index in [2.05, 4.69) is 18.0 Å². The van der Waals surface area contributed by atoms with Gasteiger partial charge in [-0.25, -0.2) is 4.99 Å². The molecule has 0 amide bonds. The summed E-state index contributed by atoms with van der Waals surface area (Å²) < 4.78 is 0. The number of aliphatic imine (C=N–C) groups is 1. The van der Waals surface area contributed by atoms with Crippen LogP contribution in [0.2, 0.25) is 0 Å². The van der Waals surface area contributed by atoms with Crippen molar-refractivity contribution in [3.8, 4) is 0 Å². The van der Waals surface area contributed by atoms with Crippen molar-refractivity contribution < 1.29 is 4.79 Å². The Kier molecular flexibility index (Phi) is 3.93. The summed E-state index contributed by atoms with van der Waals surface area (Å²) in [6, 6.07) is 0. The summed E-state index contributed by atoms with van der Waals surface area (Å²) in [7, 11) is 0. The Morgan fingerprint density at radius 1 is 1.50 bits per heavy atom. The highest BCUT2D eigenvalue weighted by atomic mass is 16.1. The van der Waals surface area contributed by atoms with Gasteiger partial charge in [-0.15, -0.1) is 0 Å². The van der Waals surface area contributed by atoms with Gasteiger partial charge < -0.3 is 0 Å². The van der Waals surface area contributed by atoms with Crippen LogP contribution in [-0.4, -0.2) is 17.8 Å². The highest BCUT2D eigenvalue weighted by Crippen LogP contribution is 2.30. The minimum absolute atomic E-state index is 0.0165. The fourth-order valence-electron chi connectivity index (χ4n) is 2.29. The molecule has 3 heteroatoms. The topological polar surface area (TPSA) is 53.3 Å². The second-order valence-electron chi connectivity index (χ2n) is 4.30. The minimum Gasteiger partial charge on any atom is -0.295 e. The van der Waals surface area contributed by atoms with Gasteiger partial charge in [0.1, 0.15) is 6.34 Å². The van der Waals surface area contributed by atoms with Crippen molar-refractivity contribution in [3.05, 3.63) is 23.3 Å². The van der Waals surface area contributed by atoms with Gasteiger partial charge in [0.2, 0.25) is 0 Å². The molecule has 0 aromatic heterocycles. The van der Waals surface area contributed by atoms with Gasteiger partial charge in [-0.3, -0.25) is 10.2 Å². The third kappa shape index (κ3) is 2.54. The molecule has 0 aromatic carbocycles. The van der Waals surface area contributed by atoms with E-state index in [1.807, 2.05) is 19.9 Å². The third-order valence-electron chi connectivity index (χ3n) is 2.89. The molecule has 0 bridgehead atoms. The molecule has 1 aliphatic rings. The van der Waals surface area contributed by atoms with Gasteiger partial charge in [-0.1, -0.05) is 24.6 Å². The van der Waals surface area contributed by atoms with E-state index in [4.69, 9.17) is 5.41 Å². The Balaban J connectivity index is 3.17. The molecular formula is C13H18N2O. The van der Waals surface area contributed by atoms with E-state index in [-0.39, 0.29) is 17.6 Å². The number of nitrogens with one attached hydrogen (secondary N) is 1. The van der Waals surface area contributed by atoms with Crippen LogP contribution in [0.5, 0.6) is 0 Å². The van der Waals surface area contributed by atoms with E-state index in [1.165, 1.54) is 0 Å². The molecule has 0 saturated carbocycles. The summed E-state index contributed by atoms with van der Waals surface area (Å²) in [6.45, 7) is 7.53. The second-order valence-corrected chi connectivity index (χ2v) is 4.30. The Bertz CT molecular complexity index is 402. The van der Waals surface area contributed by atoms with Gasteiger partial charge in [0.25, 0.3) is 0 Å². The second kappa shape index (κ2) is 5.01. The largest absolute Gasteiger partial charge is 0.295 e. The van der Waals surface area contributed by atoms with E-state index in [0.717, 1.165) is 23.2 Å². The van der Waals surface area contributed by atoms with E-state index in [0.29, 0.717) is 0 Å². The van der Waals surface area contributed by atoms with Crippen LogP contribution in [0.25, 0.3) is 0 Å². The first-order chi connectivity index (χ1) is 7.47. The van der Waals surface area contributed by atoms with Crippen LogP contribution in [0.4, 0.5) is 0 Å². The Hall–Kier alpha value is -1.51. The van der Waals surface area contributed by atoms with Crippen molar-refractivity contribution in [3.63, 3.8) is 0 Å². The monoisotopic (exact) mass is 218 g/mol. The molecule has 0 radical (unpaired) electrons. The first-order valence-corrected chi connectivity index (χ1v) is 5.41. The van der Waals surface area contributed by atoms with Gasteiger partial charge in [0.05, 0.1) is 0 Å². The summed E-state index contributed by atoms with van der Waals surface area (Å²) >= 11 is 0. The first-order valence-electron chi connectivity index (χ1n) is 5.41. The molecule has 2 unspecified atom stereocenters. The fourth-order valence-corrected chi connectivity index (χ4v) is 2.29. The highest BCUT2D eigenvalue weighted by molar-refractivity contribution is 6.04. The van der Waals surface area contributed by atoms with Crippen LogP contribution in [0.15, 0.2) is 28.3 Å². The van der Waals surface area contributed by atoms with Crippen LogP contribution in [0, 0.1) is 17.2 Å². The predicted molar refractivity (Wildman–Crippen MR) is 67.1 cm³/mol. The van der Waals surface area contributed by atoms with E-state index >= 15 is 0 Å². The van der Waals surface area contributed by atoms with Gasteiger partial charge in [0, 0.05) is 17.2 Å². The Morgan fingerprint density at radius 3 is 2.62 bits per heavy atom. The normalized spacial score (nSPS) is 25.9. The molecule has 0 aliphatic heterocycles. The lowest BCUT2D eigenvalue weighted by molar-refractivity contribution is -0.114. The minimum atomic E-state index is 0.0165. The molecule has 16 heavy (non-hydrogen) atoms. The molecule has 86 valence electrons. The fraction of sp³-hybridized carbons (Fsp3) is 0.462. The van der Waals surface area contributed by atoms with Crippen LogP contribution in [0.3, 0.4) is 0 Å². The third-order valence-corrected chi connectivity index (χ3v) is 2.89. The number of nitrogens with zero attached hydrogens (tertiary/aromatic N) is 1. The van der Waals surface area contributed by atoms with Crippen LogP contribution in [0.1, 0.15) is 27.7 Å². The van der Waals surface area contributed by atoms with Gasteiger partial charge >= 0.3 is 0 Å². The molecule has 0 aromatic rings. The number of hydrogen-bond acceptors (Lipinski definition) is 2. The summed E-state index contributed by atoms with van der Waals surface area (Å²) in [5.74, 6) is 0.360. The number of carbonyl (C=O) groups is 1. The summed E-state index contributed by atoms with van der Waals surface area (Å²) in [4.78, 5) is 15.6. The molecule has 0 heterocycles. The summed E-state index contributed by atoms with van der Waals surface area (Å²) in [6.07, 6.45) is 5.10. The zero-order valence-corrected chi connectivity index (χ0v) is 10.2. The highest BCUT2D eigenvalue weighted by Gasteiger charge is 2.28. The van der Waals surface area contributed by atoms with Crippen molar-refractivity contribution in [2.24, 2.45) is 16.8 Å². The molecule has 2 atom stereocenters. The lowest BCUT2D eigenvalue weighted by Gasteiger charge is -2.27. The number of ketones is 1. The van der Waals surface area contributed by atoms with Crippen molar-refractivity contribution in [1.82, 2.24) is 0 Å². The van der Waals surface area contributed by atoms with Gasteiger partial charge in [-0.05, 0) is 26.7 Å². The number of Topliss-reactive ketones (excluding diaryl/α,β-unsaturated/α-hetero) is 1. The number of rotatable bonds is 3.